The molecule has 4 rings (SSSR count). The van der Waals surface area contributed by atoms with E-state index < -0.39 is 5.82 Å². The monoisotopic (exact) mass is 297 g/mol. The summed E-state index contributed by atoms with van der Waals surface area (Å²) in [5.74, 6) is 0.295. The Morgan fingerprint density at radius 2 is 2.05 bits per heavy atom. The average Bonchev–Trinajstić information content (AvgIpc) is 2.86. The summed E-state index contributed by atoms with van der Waals surface area (Å²) in [5, 5.41) is 1.14. The molecular weight excluding hydrogens is 285 g/mol. The van der Waals surface area contributed by atoms with Crippen molar-refractivity contribution in [2.24, 2.45) is 0 Å². The number of fused-ring (bicyclic) bond motifs is 4. The Labute approximate surface area is 124 Å². The minimum Gasteiger partial charge on any atom is -0.494 e. The predicted molar refractivity (Wildman–Crippen MR) is 83.0 cm³/mol. The van der Waals surface area contributed by atoms with Gasteiger partial charge in [-0.2, -0.15) is 0 Å². The highest BCUT2D eigenvalue weighted by Gasteiger charge is 2.14. The van der Waals surface area contributed by atoms with Crippen molar-refractivity contribution in [2.45, 2.75) is 6.92 Å². The van der Waals surface area contributed by atoms with Gasteiger partial charge < -0.3 is 14.1 Å². The molecule has 110 valence electrons. The molecule has 4 aromatic rings. The fourth-order valence-corrected chi connectivity index (χ4v) is 2.69. The van der Waals surface area contributed by atoms with Crippen molar-refractivity contribution in [3.05, 3.63) is 52.4 Å². The van der Waals surface area contributed by atoms with Crippen LogP contribution in [0.3, 0.4) is 0 Å². The molecule has 0 aliphatic carbocycles. The fourth-order valence-electron chi connectivity index (χ4n) is 2.69. The summed E-state index contributed by atoms with van der Waals surface area (Å²) < 4.78 is 24.5. The number of aromatic nitrogens is 1. The molecule has 0 saturated heterocycles. The van der Waals surface area contributed by atoms with Gasteiger partial charge in [-0.3, -0.25) is 4.79 Å². The van der Waals surface area contributed by atoms with Gasteiger partial charge in [-0.05, 0) is 43.3 Å². The van der Waals surface area contributed by atoms with Gasteiger partial charge in [0, 0.05) is 10.8 Å². The Balaban J connectivity index is 2.15. The zero-order valence-corrected chi connectivity index (χ0v) is 11.8. The molecular formula is C17H12FNO3. The zero-order chi connectivity index (χ0) is 15.3. The third-order valence-corrected chi connectivity index (χ3v) is 3.66. The topological polar surface area (TPSA) is 55.2 Å². The minimum atomic E-state index is -0.398. The van der Waals surface area contributed by atoms with E-state index in [9.17, 15) is 9.18 Å². The van der Waals surface area contributed by atoms with Crippen LogP contribution < -0.4 is 10.2 Å². The summed E-state index contributed by atoms with van der Waals surface area (Å²) in [6.45, 7) is 2.45. The van der Waals surface area contributed by atoms with Gasteiger partial charge in [0.25, 0.3) is 0 Å². The molecule has 0 bridgehead atoms. The number of aromatic amines is 1. The number of rotatable bonds is 2. The molecule has 2 heterocycles. The lowest BCUT2D eigenvalue weighted by Crippen LogP contribution is -2.02. The smallest absolute Gasteiger partial charge is 0.232 e. The molecule has 0 fully saturated rings. The number of H-pyrrole nitrogens is 1. The molecule has 22 heavy (non-hydrogen) atoms. The highest BCUT2D eigenvalue weighted by Crippen LogP contribution is 2.30. The van der Waals surface area contributed by atoms with Gasteiger partial charge >= 0.3 is 0 Å². The Bertz CT molecular complexity index is 1080. The van der Waals surface area contributed by atoms with E-state index in [0.29, 0.717) is 34.4 Å². The third-order valence-electron chi connectivity index (χ3n) is 3.66. The van der Waals surface area contributed by atoms with E-state index in [1.807, 2.05) is 13.0 Å². The van der Waals surface area contributed by atoms with Crippen LogP contribution in [0.15, 0.2) is 45.6 Å². The fraction of sp³-hybridized carbons (Fsp3) is 0.118. The number of nitrogens with one attached hydrogen (secondary N) is 1. The molecule has 2 aromatic carbocycles. The van der Waals surface area contributed by atoms with Gasteiger partial charge in [0.2, 0.25) is 5.43 Å². The SMILES string of the molecule is CCOc1ccc2oc3c(=O)c4ccc(F)cc4[nH]c3c2c1. The number of hydrogen-bond donors (Lipinski definition) is 1. The van der Waals surface area contributed by atoms with E-state index in [0.717, 1.165) is 5.39 Å². The van der Waals surface area contributed by atoms with Crippen molar-refractivity contribution in [3.63, 3.8) is 0 Å². The average molecular weight is 297 g/mol. The lowest BCUT2D eigenvalue weighted by atomic mass is 10.1. The van der Waals surface area contributed by atoms with Crippen LogP contribution in [0.2, 0.25) is 0 Å². The van der Waals surface area contributed by atoms with Crippen LogP contribution in [0.25, 0.3) is 33.0 Å². The molecule has 0 atom stereocenters. The largest absolute Gasteiger partial charge is 0.494 e. The third kappa shape index (κ3) is 1.79. The number of pyridine rings is 1. The molecule has 0 saturated carbocycles. The summed E-state index contributed by atoms with van der Waals surface area (Å²) in [6.07, 6.45) is 0. The standard InChI is InChI=1S/C17H12FNO3/c1-2-21-10-4-6-14-12(8-10)15-17(22-14)16(20)11-5-3-9(18)7-13(11)19-15/h3-8H,2H2,1H3,(H,19,20). The number of benzene rings is 2. The van der Waals surface area contributed by atoms with Crippen LogP contribution in [0, 0.1) is 5.82 Å². The van der Waals surface area contributed by atoms with Crippen molar-refractivity contribution in [2.75, 3.05) is 6.61 Å². The lowest BCUT2D eigenvalue weighted by Gasteiger charge is -2.02. The molecule has 2 aromatic heterocycles. The first kappa shape index (κ1) is 12.9. The number of halogens is 1. The molecule has 0 spiro atoms. The maximum Gasteiger partial charge on any atom is 0.232 e. The predicted octanol–water partition coefficient (Wildman–Crippen LogP) is 3.97. The first-order chi connectivity index (χ1) is 10.7. The van der Waals surface area contributed by atoms with Gasteiger partial charge in [0.15, 0.2) is 5.58 Å². The van der Waals surface area contributed by atoms with Crippen LogP contribution in [0.5, 0.6) is 5.75 Å². The highest BCUT2D eigenvalue weighted by molar-refractivity contribution is 6.06. The van der Waals surface area contributed by atoms with Crippen molar-refractivity contribution in [1.29, 1.82) is 0 Å². The summed E-state index contributed by atoms with van der Waals surface area (Å²) in [7, 11) is 0. The Morgan fingerprint density at radius 1 is 1.18 bits per heavy atom. The first-order valence-electron chi connectivity index (χ1n) is 6.98. The van der Waals surface area contributed by atoms with Crippen LogP contribution in [-0.2, 0) is 0 Å². The highest BCUT2D eigenvalue weighted by atomic mass is 19.1. The van der Waals surface area contributed by atoms with Crippen LogP contribution >= 0.6 is 0 Å². The quantitative estimate of drug-likeness (QED) is 0.609. The summed E-state index contributed by atoms with van der Waals surface area (Å²) in [4.78, 5) is 15.6. The van der Waals surface area contributed by atoms with E-state index >= 15 is 0 Å². The first-order valence-corrected chi connectivity index (χ1v) is 6.98. The van der Waals surface area contributed by atoms with E-state index in [1.54, 1.807) is 12.1 Å². The molecule has 0 unspecified atom stereocenters. The van der Waals surface area contributed by atoms with E-state index in [-0.39, 0.29) is 11.0 Å². The van der Waals surface area contributed by atoms with Gasteiger partial charge in [0.05, 0.1) is 17.6 Å². The molecule has 5 heteroatoms. The Hall–Kier alpha value is -2.82. The summed E-state index contributed by atoms with van der Waals surface area (Å²) in [6, 6.07) is 9.39. The van der Waals surface area contributed by atoms with Crippen molar-refractivity contribution in [3.8, 4) is 5.75 Å². The Kier molecular flexibility index (Phi) is 2.69. The molecule has 4 nitrogen and oxygen atoms in total. The lowest BCUT2D eigenvalue weighted by molar-refractivity contribution is 0.340. The van der Waals surface area contributed by atoms with Crippen molar-refractivity contribution >= 4 is 33.0 Å². The molecule has 0 aliphatic heterocycles. The van der Waals surface area contributed by atoms with Crippen molar-refractivity contribution < 1.29 is 13.5 Å². The van der Waals surface area contributed by atoms with E-state index in [4.69, 9.17) is 9.15 Å². The maximum atomic E-state index is 13.4. The van der Waals surface area contributed by atoms with Gasteiger partial charge in [-0.15, -0.1) is 0 Å². The minimum absolute atomic E-state index is 0.239. The second kappa shape index (κ2) is 4.59. The summed E-state index contributed by atoms with van der Waals surface area (Å²) in [5.41, 5.74) is 1.57. The number of furan rings is 1. The van der Waals surface area contributed by atoms with E-state index in [1.165, 1.54) is 18.2 Å². The van der Waals surface area contributed by atoms with Gasteiger partial charge in [-0.1, -0.05) is 0 Å². The Morgan fingerprint density at radius 3 is 2.86 bits per heavy atom. The number of ether oxygens (including phenoxy) is 1. The molecule has 1 N–H and O–H groups in total. The van der Waals surface area contributed by atoms with Crippen LogP contribution in [-0.4, -0.2) is 11.6 Å². The van der Waals surface area contributed by atoms with Crippen LogP contribution in [0.1, 0.15) is 6.92 Å². The second-order valence-corrected chi connectivity index (χ2v) is 5.04. The molecule has 0 radical (unpaired) electrons. The van der Waals surface area contributed by atoms with E-state index in [2.05, 4.69) is 4.98 Å². The van der Waals surface area contributed by atoms with Gasteiger partial charge in [0.1, 0.15) is 17.1 Å². The van der Waals surface area contributed by atoms with Crippen molar-refractivity contribution in [1.82, 2.24) is 4.98 Å². The normalized spacial score (nSPS) is 11.5. The van der Waals surface area contributed by atoms with Crippen LogP contribution in [0.4, 0.5) is 4.39 Å². The molecule has 0 aliphatic rings. The summed E-state index contributed by atoms with van der Waals surface area (Å²) >= 11 is 0. The maximum absolute atomic E-state index is 13.4. The zero-order valence-electron chi connectivity index (χ0n) is 11.8. The number of hydrogen-bond acceptors (Lipinski definition) is 3. The second-order valence-electron chi connectivity index (χ2n) is 5.04. The molecule has 0 amide bonds. The van der Waals surface area contributed by atoms with Gasteiger partial charge in [-0.25, -0.2) is 4.39 Å².